The molecule has 0 saturated carbocycles. The number of rotatable bonds is 3. The van der Waals surface area contributed by atoms with Crippen LogP contribution in [0.15, 0.2) is 48.5 Å². The fraction of sp³-hybridized carbons (Fsp3) is 0.417. The number of hydrogen-bond donors (Lipinski definition) is 0. The van der Waals surface area contributed by atoms with Crippen molar-refractivity contribution < 1.29 is 23.8 Å². The van der Waals surface area contributed by atoms with E-state index in [2.05, 4.69) is 24.3 Å². The zero-order chi connectivity index (χ0) is 20.0. The van der Waals surface area contributed by atoms with Gasteiger partial charge in [-0.2, -0.15) is 0 Å². The van der Waals surface area contributed by atoms with Crippen LogP contribution in [0.4, 0.5) is 0 Å². The van der Waals surface area contributed by atoms with Gasteiger partial charge < -0.3 is 14.2 Å². The molecule has 0 amide bonds. The Morgan fingerprint density at radius 1 is 1.07 bits per heavy atom. The molecule has 3 aliphatic carbocycles. The fourth-order valence-corrected chi connectivity index (χ4v) is 6.40. The van der Waals surface area contributed by atoms with Crippen molar-refractivity contribution in [3.05, 3.63) is 70.8 Å². The van der Waals surface area contributed by atoms with Crippen molar-refractivity contribution in [3.63, 3.8) is 0 Å². The van der Waals surface area contributed by atoms with Gasteiger partial charge in [-0.15, -0.1) is 0 Å². The smallest absolute Gasteiger partial charge is 0.342 e. The first-order valence-electron chi connectivity index (χ1n) is 10.2. The van der Waals surface area contributed by atoms with Crippen LogP contribution >= 0.6 is 0 Å². The molecule has 7 rings (SSSR count). The van der Waals surface area contributed by atoms with Gasteiger partial charge in [-0.05, 0) is 35.1 Å². The minimum absolute atomic E-state index is 0.0131. The normalized spacial score (nSPS) is 37.9. The van der Waals surface area contributed by atoms with Gasteiger partial charge in [-0.25, -0.2) is 4.79 Å². The van der Waals surface area contributed by atoms with Crippen molar-refractivity contribution in [2.75, 3.05) is 7.11 Å². The van der Waals surface area contributed by atoms with Crippen molar-refractivity contribution in [1.29, 1.82) is 0 Å². The van der Waals surface area contributed by atoms with Crippen LogP contribution in [0.2, 0.25) is 0 Å². The minimum Gasteiger partial charge on any atom is -0.468 e. The molecule has 5 aliphatic rings. The van der Waals surface area contributed by atoms with Crippen molar-refractivity contribution in [1.82, 2.24) is 0 Å². The van der Waals surface area contributed by atoms with Crippen molar-refractivity contribution in [2.45, 2.75) is 49.4 Å². The maximum absolute atomic E-state index is 13.5. The summed E-state index contributed by atoms with van der Waals surface area (Å²) in [6, 6.07) is 16.5. The van der Waals surface area contributed by atoms with Crippen LogP contribution in [0.1, 0.15) is 53.9 Å². The average Bonchev–Trinajstić information content (AvgIpc) is 3.47. The van der Waals surface area contributed by atoms with E-state index in [9.17, 15) is 9.59 Å². The van der Waals surface area contributed by atoms with Crippen LogP contribution in [-0.4, -0.2) is 36.9 Å². The monoisotopic (exact) mass is 390 g/mol. The summed E-state index contributed by atoms with van der Waals surface area (Å²) in [5.41, 5.74) is 2.24. The number of benzene rings is 2. The van der Waals surface area contributed by atoms with Crippen molar-refractivity contribution in [2.24, 2.45) is 5.41 Å². The number of epoxide rings is 1. The quantitative estimate of drug-likeness (QED) is 0.594. The van der Waals surface area contributed by atoms with Gasteiger partial charge in [-0.1, -0.05) is 55.5 Å². The number of fused-ring (bicyclic) bond motifs is 3. The summed E-state index contributed by atoms with van der Waals surface area (Å²) in [4.78, 5) is 26.7. The number of hydrogen-bond acceptors (Lipinski definition) is 5. The topological polar surface area (TPSA) is 65.1 Å². The second kappa shape index (κ2) is 5.48. The largest absolute Gasteiger partial charge is 0.468 e. The Morgan fingerprint density at radius 3 is 2.14 bits per heavy atom. The molecule has 0 spiro atoms. The molecule has 2 bridgehead atoms. The third kappa shape index (κ3) is 1.77. The van der Waals surface area contributed by atoms with Crippen LogP contribution in [0.25, 0.3) is 0 Å². The summed E-state index contributed by atoms with van der Waals surface area (Å²) in [5.74, 6) is -1.09. The van der Waals surface area contributed by atoms with Gasteiger partial charge in [-0.3, -0.25) is 4.79 Å². The first kappa shape index (κ1) is 17.2. The Hall–Kier alpha value is -2.66. The SMILES string of the molecule is CC[C@H]1OC(=O)[C@@]2([C@@]3(C(=O)OC)CC4c5ccccc5C3c3ccccc34)O[C@@H]12. The number of ether oxygens (including phenoxy) is 3. The highest BCUT2D eigenvalue weighted by atomic mass is 16.7. The third-order valence-electron chi connectivity index (χ3n) is 7.55. The molecule has 0 N–H and O–H groups in total. The molecule has 2 aromatic carbocycles. The first-order chi connectivity index (χ1) is 14.1. The van der Waals surface area contributed by atoms with Crippen molar-refractivity contribution >= 4 is 11.9 Å². The predicted molar refractivity (Wildman–Crippen MR) is 103 cm³/mol. The molecule has 2 fully saturated rings. The molecule has 0 radical (unpaired) electrons. The predicted octanol–water partition coefficient (Wildman–Crippen LogP) is 3.30. The summed E-state index contributed by atoms with van der Waals surface area (Å²) in [5, 5.41) is 0. The number of esters is 2. The Bertz CT molecular complexity index is 1010. The number of methoxy groups -OCH3 is 1. The lowest BCUT2D eigenvalue weighted by Crippen LogP contribution is -2.58. The average molecular weight is 390 g/mol. The Kier molecular flexibility index (Phi) is 3.25. The van der Waals surface area contributed by atoms with E-state index in [0.29, 0.717) is 12.8 Å². The summed E-state index contributed by atoms with van der Waals surface area (Å²) < 4.78 is 17.2. The van der Waals surface area contributed by atoms with Gasteiger partial charge in [0.15, 0.2) is 0 Å². The summed E-state index contributed by atoms with van der Waals surface area (Å²) in [6.45, 7) is 1.97. The molecule has 0 aromatic heterocycles. The van der Waals surface area contributed by atoms with E-state index in [1.54, 1.807) is 0 Å². The second-order valence-corrected chi connectivity index (χ2v) is 8.54. The molecule has 4 atom stereocenters. The summed E-state index contributed by atoms with van der Waals surface area (Å²) in [7, 11) is 1.40. The third-order valence-corrected chi connectivity index (χ3v) is 7.55. The molecule has 2 aliphatic heterocycles. The van der Waals surface area contributed by atoms with Gasteiger partial charge in [0.1, 0.15) is 17.6 Å². The molecule has 2 saturated heterocycles. The van der Waals surface area contributed by atoms with E-state index in [1.165, 1.54) is 18.2 Å². The maximum Gasteiger partial charge on any atom is 0.342 e. The van der Waals surface area contributed by atoms with Gasteiger partial charge >= 0.3 is 11.9 Å². The van der Waals surface area contributed by atoms with Gasteiger partial charge in [0.05, 0.1) is 7.11 Å². The van der Waals surface area contributed by atoms with Crippen LogP contribution in [0.3, 0.4) is 0 Å². The van der Waals surface area contributed by atoms with Gasteiger partial charge in [0, 0.05) is 11.8 Å². The Morgan fingerprint density at radius 2 is 1.66 bits per heavy atom. The maximum atomic E-state index is 13.5. The minimum atomic E-state index is -1.26. The van der Waals surface area contributed by atoms with E-state index < -0.39 is 23.1 Å². The van der Waals surface area contributed by atoms with Crippen LogP contribution < -0.4 is 0 Å². The number of cyclic esters (lactones) is 1. The van der Waals surface area contributed by atoms with E-state index >= 15 is 0 Å². The molecule has 2 aromatic rings. The van der Waals surface area contributed by atoms with E-state index in [1.807, 2.05) is 31.2 Å². The highest BCUT2D eigenvalue weighted by molar-refractivity contribution is 5.98. The first-order valence-corrected chi connectivity index (χ1v) is 10.2. The van der Waals surface area contributed by atoms with E-state index in [0.717, 1.165) is 11.1 Å². The molecular formula is C24H22O5. The van der Waals surface area contributed by atoms with Gasteiger partial charge in [0.25, 0.3) is 0 Å². The summed E-state index contributed by atoms with van der Waals surface area (Å²) >= 11 is 0. The highest BCUT2D eigenvalue weighted by Gasteiger charge is 2.86. The lowest BCUT2D eigenvalue weighted by molar-refractivity contribution is -0.174. The molecule has 148 valence electrons. The van der Waals surface area contributed by atoms with Gasteiger partial charge in [0.2, 0.25) is 5.60 Å². The fourth-order valence-electron chi connectivity index (χ4n) is 6.40. The van der Waals surface area contributed by atoms with Crippen LogP contribution in [0.5, 0.6) is 0 Å². The molecule has 0 unspecified atom stereocenters. The van der Waals surface area contributed by atoms with Crippen LogP contribution in [0, 0.1) is 5.41 Å². The molecular weight excluding hydrogens is 368 g/mol. The van der Waals surface area contributed by atoms with Crippen LogP contribution in [-0.2, 0) is 23.8 Å². The second-order valence-electron chi connectivity index (χ2n) is 8.54. The van der Waals surface area contributed by atoms with E-state index in [4.69, 9.17) is 14.2 Å². The number of carbonyl (C=O) groups excluding carboxylic acids is 2. The molecule has 5 heteroatoms. The Balaban J connectivity index is 1.65. The standard InChI is InChI=1S/C24H22O5/c1-3-18-20-24(29-20,22(26)28-18)23(21(25)27-2)12-17-13-8-4-6-10-15(13)19(23)16-11-7-5-9-14(16)17/h4-11,17-20H,3,12H2,1-2H3/t17?,18-,19?,20+,23+,24+/m1/s1. The molecule has 29 heavy (non-hydrogen) atoms. The number of carbonyl (C=O) groups is 2. The van der Waals surface area contributed by atoms with E-state index in [-0.39, 0.29) is 23.9 Å². The highest BCUT2D eigenvalue weighted by Crippen LogP contribution is 2.72. The Labute approximate surface area is 169 Å². The molecule has 2 heterocycles. The zero-order valence-electron chi connectivity index (χ0n) is 16.4. The molecule has 5 nitrogen and oxygen atoms in total. The van der Waals surface area contributed by atoms with Crippen molar-refractivity contribution in [3.8, 4) is 0 Å². The zero-order valence-corrected chi connectivity index (χ0v) is 16.4. The summed E-state index contributed by atoms with van der Waals surface area (Å²) in [6.07, 6.45) is 0.449. The lowest BCUT2D eigenvalue weighted by atomic mass is 9.47. The lowest BCUT2D eigenvalue weighted by Gasteiger charge is -2.52.